The van der Waals surface area contributed by atoms with Gasteiger partial charge in [0.25, 0.3) is 0 Å². The van der Waals surface area contributed by atoms with Crippen LogP contribution < -0.4 is 0 Å². The number of benzene rings is 1. The van der Waals surface area contributed by atoms with Crippen molar-refractivity contribution < 1.29 is 4.84 Å². The molecule has 1 aromatic carbocycles. The van der Waals surface area contributed by atoms with Crippen molar-refractivity contribution in [3.8, 4) is 0 Å². The van der Waals surface area contributed by atoms with E-state index in [0.717, 1.165) is 12.8 Å². The van der Waals surface area contributed by atoms with Gasteiger partial charge in [0.05, 0.1) is 5.71 Å². The summed E-state index contributed by atoms with van der Waals surface area (Å²) in [5.74, 6) is 0. The first kappa shape index (κ1) is 13.1. The Balaban J connectivity index is 2.18. The van der Waals surface area contributed by atoms with Crippen molar-refractivity contribution >= 4 is 5.71 Å². The van der Waals surface area contributed by atoms with Crippen LogP contribution in [0.4, 0.5) is 0 Å². The minimum atomic E-state index is 0.170. The lowest BCUT2D eigenvalue weighted by Crippen LogP contribution is -2.33. The van der Waals surface area contributed by atoms with Crippen molar-refractivity contribution in [2.75, 3.05) is 7.11 Å². The van der Waals surface area contributed by atoms with E-state index in [4.69, 9.17) is 4.84 Å². The predicted octanol–water partition coefficient (Wildman–Crippen LogP) is 4.12. The molecular formula is C16H23NO. The molecule has 0 heterocycles. The lowest BCUT2D eigenvalue weighted by atomic mass is 9.70. The van der Waals surface area contributed by atoms with E-state index in [1.807, 2.05) is 0 Å². The Morgan fingerprint density at radius 1 is 1.22 bits per heavy atom. The Labute approximate surface area is 110 Å². The van der Waals surface area contributed by atoms with E-state index in [-0.39, 0.29) is 5.41 Å². The summed E-state index contributed by atoms with van der Waals surface area (Å²) in [4.78, 5) is 5.02. The van der Waals surface area contributed by atoms with Gasteiger partial charge in [0.1, 0.15) is 7.11 Å². The fraction of sp³-hybridized carbons (Fsp3) is 0.562. The summed E-state index contributed by atoms with van der Waals surface area (Å²) in [6.45, 7) is 4.45. The molecule has 2 heteroatoms. The van der Waals surface area contributed by atoms with Crippen LogP contribution in [0.1, 0.15) is 43.7 Å². The van der Waals surface area contributed by atoms with Crippen molar-refractivity contribution in [2.45, 2.75) is 46.0 Å². The molecule has 98 valence electrons. The third kappa shape index (κ3) is 2.92. The first-order valence-corrected chi connectivity index (χ1v) is 6.80. The van der Waals surface area contributed by atoms with E-state index in [9.17, 15) is 0 Å². The average molecular weight is 245 g/mol. The molecule has 0 radical (unpaired) electrons. The first-order valence-electron chi connectivity index (χ1n) is 6.80. The van der Waals surface area contributed by atoms with Gasteiger partial charge in [-0.1, -0.05) is 48.3 Å². The van der Waals surface area contributed by atoms with Gasteiger partial charge in [-0.25, -0.2) is 0 Å². The minimum absolute atomic E-state index is 0.170. The molecule has 0 aromatic heterocycles. The molecular weight excluding hydrogens is 222 g/mol. The largest absolute Gasteiger partial charge is 0.399 e. The smallest absolute Gasteiger partial charge is 0.106 e. The second kappa shape index (κ2) is 5.55. The number of hydrogen-bond donors (Lipinski definition) is 0. The van der Waals surface area contributed by atoms with Crippen LogP contribution in [-0.2, 0) is 11.3 Å². The van der Waals surface area contributed by atoms with Crippen LogP contribution >= 0.6 is 0 Å². The quantitative estimate of drug-likeness (QED) is 0.734. The molecule has 0 spiro atoms. The number of rotatable bonds is 3. The maximum Gasteiger partial charge on any atom is 0.106 e. The zero-order valence-corrected chi connectivity index (χ0v) is 11.7. The maximum absolute atomic E-state index is 5.02. The van der Waals surface area contributed by atoms with E-state index >= 15 is 0 Å². The molecule has 1 fully saturated rings. The van der Waals surface area contributed by atoms with E-state index < -0.39 is 0 Å². The van der Waals surface area contributed by atoms with Gasteiger partial charge in [0.2, 0.25) is 0 Å². The van der Waals surface area contributed by atoms with E-state index in [1.54, 1.807) is 7.11 Å². The molecule has 1 aliphatic rings. The second-order valence-electron chi connectivity index (χ2n) is 5.65. The molecule has 1 aromatic rings. The van der Waals surface area contributed by atoms with Crippen molar-refractivity contribution in [1.29, 1.82) is 0 Å². The van der Waals surface area contributed by atoms with Crippen LogP contribution in [0.3, 0.4) is 0 Å². The Hall–Kier alpha value is -1.31. The molecule has 2 rings (SSSR count). The highest BCUT2D eigenvalue weighted by Crippen LogP contribution is 2.37. The fourth-order valence-electron chi connectivity index (χ4n) is 2.87. The SMILES string of the molecule is CO/N=C1\CCCCC1(C)Cc1ccc(C)cc1. The Morgan fingerprint density at radius 3 is 2.61 bits per heavy atom. The molecule has 0 saturated heterocycles. The molecule has 0 aliphatic heterocycles. The van der Waals surface area contributed by atoms with Crippen LogP contribution in [-0.4, -0.2) is 12.8 Å². The highest BCUT2D eigenvalue weighted by atomic mass is 16.6. The third-order valence-corrected chi connectivity index (χ3v) is 4.01. The van der Waals surface area contributed by atoms with Crippen molar-refractivity contribution in [3.05, 3.63) is 35.4 Å². The number of oxime groups is 1. The summed E-state index contributed by atoms with van der Waals surface area (Å²) in [6, 6.07) is 8.85. The average Bonchev–Trinajstić information content (AvgIpc) is 2.36. The van der Waals surface area contributed by atoms with Crippen molar-refractivity contribution in [2.24, 2.45) is 10.6 Å². The van der Waals surface area contributed by atoms with Crippen LogP contribution in [0.15, 0.2) is 29.4 Å². The molecule has 1 atom stereocenters. The van der Waals surface area contributed by atoms with Gasteiger partial charge in [-0.15, -0.1) is 0 Å². The van der Waals surface area contributed by atoms with E-state index in [2.05, 4.69) is 43.3 Å². The summed E-state index contributed by atoms with van der Waals surface area (Å²) >= 11 is 0. The lowest BCUT2D eigenvalue weighted by Gasteiger charge is -2.34. The van der Waals surface area contributed by atoms with Gasteiger partial charge in [-0.05, 0) is 38.2 Å². The summed E-state index contributed by atoms with van der Waals surface area (Å²) in [6.07, 6.45) is 5.89. The predicted molar refractivity (Wildman–Crippen MR) is 75.9 cm³/mol. The van der Waals surface area contributed by atoms with E-state index in [1.165, 1.54) is 36.1 Å². The zero-order valence-electron chi connectivity index (χ0n) is 11.7. The van der Waals surface area contributed by atoms with Crippen LogP contribution in [0.2, 0.25) is 0 Å². The number of aryl methyl sites for hydroxylation is 1. The molecule has 0 N–H and O–H groups in total. The van der Waals surface area contributed by atoms with Gasteiger partial charge in [-0.3, -0.25) is 0 Å². The molecule has 0 amide bonds. The second-order valence-corrected chi connectivity index (χ2v) is 5.65. The fourth-order valence-corrected chi connectivity index (χ4v) is 2.87. The monoisotopic (exact) mass is 245 g/mol. The van der Waals surface area contributed by atoms with Gasteiger partial charge in [0.15, 0.2) is 0 Å². The third-order valence-electron chi connectivity index (χ3n) is 4.01. The van der Waals surface area contributed by atoms with Gasteiger partial charge < -0.3 is 4.84 Å². The van der Waals surface area contributed by atoms with Gasteiger partial charge in [0, 0.05) is 5.41 Å². The topological polar surface area (TPSA) is 21.6 Å². The van der Waals surface area contributed by atoms with E-state index in [0.29, 0.717) is 0 Å². The number of hydrogen-bond acceptors (Lipinski definition) is 2. The molecule has 0 bridgehead atoms. The Kier molecular flexibility index (Phi) is 4.05. The van der Waals surface area contributed by atoms with Crippen LogP contribution in [0.25, 0.3) is 0 Å². The van der Waals surface area contributed by atoms with Gasteiger partial charge in [-0.2, -0.15) is 0 Å². The molecule has 1 aliphatic carbocycles. The highest BCUT2D eigenvalue weighted by molar-refractivity contribution is 5.90. The maximum atomic E-state index is 5.02. The van der Waals surface area contributed by atoms with Crippen LogP contribution in [0, 0.1) is 12.3 Å². The van der Waals surface area contributed by atoms with Crippen molar-refractivity contribution in [3.63, 3.8) is 0 Å². The zero-order chi connectivity index (χ0) is 13.0. The molecule has 1 saturated carbocycles. The molecule has 2 nitrogen and oxygen atoms in total. The van der Waals surface area contributed by atoms with Crippen LogP contribution in [0.5, 0.6) is 0 Å². The normalized spacial score (nSPS) is 26.3. The summed E-state index contributed by atoms with van der Waals surface area (Å²) in [5.41, 5.74) is 4.12. The molecule has 18 heavy (non-hydrogen) atoms. The lowest BCUT2D eigenvalue weighted by molar-refractivity contribution is 0.202. The van der Waals surface area contributed by atoms with Crippen molar-refractivity contribution in [1.82, 2.24) is 0 Å². The van der Waals surface area contributed by atoms with Gasteiger partial charge >= 0.3 is 0 Å². The summed E-state index contributed by atoms with van der Waals surface area (Å²) in [7, 11) is 1.65. The standard InChI is InChI=1S/C16H23NO/c1-13-7-9-14(10-8-13)12-16(2)11-5-4-6-15(16)17-18-3/h7-10H,4-6,11-12H2,1-3H3/b17-15+. The molecule has 1 unspecified atom stereocenters. The number of nitrogens with zero attached hydrogens (tertiary/aromatic N) is 1. The minimum Gasteiger partial charge on any atom is -0.399 e. The Bertz CT molecular complexity index is 421. The Morgan fingerprint density at radius 2 is 1.94 bits per heavy atom. The summed E-state index contributed by atoms with van der Waals surface area (Å²) < 4.78 is 0. The first-order chi connectivity index (χ1) is 8.64. The highest BCUT2D eigenvalue weighted by Gasteiger charge is 2.33. The summed E-state index contributed by atoms with van der Waals surface area (Å²) in [5, 5.41) is 4.27.